The number of hydrogen-bond donors (Lipinski definition) is 3. The summed E-state index contributed by atoms with van der Waals surface area (Å²) in [6, 6.07) is 13.7. The fourth-order valence-corrected chi connectivity index (χ4v) is 4.14. The molecule has 0 radical (unpaired) electrons. The third-order valence-corrected chi connectivity index (χ3v) is 5.39. The van der Waals surface area contributed by atoms with Crippen LogP contribution in [0.2, 0.25) is 5.02 Å². The van der Waals surface area contributed by atoms with E-state index in [2.05, 4.69) is 16.8 Å². The third kappa shape index (κ3) is 2.80. The van der Waals surface area contributed by atoms with Gasteiger partial charge < -0.3 is 15.2 Å². The van der Waals surface area contributed by atoms with Crippen molar-refractivity contribution >= 4 is 22.5 Å². The van der Waals surface area contributed by atoms with Crippen molar-refractivity contribution in [1.82, 2.24) is 9.88 Å². The molecule has 130 valence electrons. The molecule has 3 N–H and O–H groups in total. The number of β-amino-alcohol motifs (C(OH)–C–C–N with tert-alkyl or cyclic N) is 1. The molecule has 1 aliphatic heterocycles. The van der Waals surface area contributed by atoms with E-state index in [0.717, 1.165) is 28.6 Å². The first kappa shape index (κ1) is 16.5. The molecular weight excluding hydrogens is 336 g/mol. The highest BCUT2D eigenvalue weighted by atomic mass is 35.5. The zero-order valence-electron chi connectivity index (χ0n) is 14.0. The van der Waals surface area contributed by atoms with Crippen molar-refractivity contribution in [3.8, 4) is 5.75 Å². The minimum Gasteiger partial charge on any atom is -0.508 e. The zero-order chi connectivity index (χ0) is 17.6. The molecule has 0 unspecified atom stereocenters. The zero-order valence-corrected chi connectivity index (χ0v) is 14.8. The van der Waals surface area contributed by atoms with Gasteiger partial charge in [0.15, 0.2) is 0 Å². The Morgan fingerprint density at radius 2 is 1.96 bits per heavy atom. The van der Waals surface area contributed by atoms with E-state index in [9.17, 15) is 10.2 Å². The number of aromatic amines is 1. The number of aromatic nitrogens is 1. The summed E-state index contributed by atoms with van der Waals surface area (Å²) in [7, 11) is 0. The molecule has 4 nitrogen and oxygen atoms in total. The van der Waals surface area contributed by atoms with Crippen LogP contribution in [-0.4, -0.2) is 39.3 Å². The number of aromatic hydroxyl groups is 1. The molecule has 0 bridgehead atoms. The summed E-state index contributed by atoms with van der Waals surface area (Å²) < 4.78 is 0. The molecule has 4 rings (SSSR count). The monoisotopic (exact) mass is 356 g/mol. The summed E-state index contributed by atoms with van der Waals surface area (Å²) in [6.45, 7) is 2.91. The maximum absolute atomic E-state index is 9.89. The molecular formula is C20H21ClN2O2. The van der Waals surface area contributed by atoms with Gasteiger partial charge in [-0.15, -0.1) is 0 Å². The number of rotatable bonds is 3. The van der Waals surface area contributed by atoms with E-state index in [1.165, 1.54) is 5.56 Å². The lowest BCUT2D eigenvalue weighted by Gasteiger charge is -2.40. The molecule has 1 aliphatic rings. The standard InChI is InChI=1S/C20H21ClN2O2/c1-12-10-17-16-11-15(25)6-7-18(16)22-19(17)20(23(12)8-9-24)13-2-4-14(21)5-3-13/h2-7,11-12,20,22,24-25H,8-10H2,1H3/t12-,20-/m1/s1. The first-order valence-corrected chi connectivity index (χ1v) is 8.92. The van der Waals surface area contributed by atoms with Crippen molar-refractivity contribution in [2.45, 2.75) is 25.4 Å². The predicted molar refractivity (Wildman–Crippen MR) is 100 cm³/mol. The number of hydrogen-bond acceptors (Lipinski definition) is 3. The van der Waals surface area contributed by atoms with E-state index < -0.39 is 0 Å². The van der Waals surface area contributed by atoms with Gasteiger partial charge in [-0.3, -0.25) is 4.90 Å². The Morgan fingerprint density at radius 1 is 1.20 bits per heavy atom. The summed E-state index contributed by atoms with van der Waals surface area (Å²) in [5.41, 5.74) is 4.54. The molecule has 0 saturated heterocycles. The van der Waals surface area contributed by atoms with E-state index in [1.807, 2.05) is 36.4 Å². The first-order valence-electron chi connectivity index (χ1n) is 8.54. The smallest absolute Gasteiger partial charge is 0.116 e. The first-order chi connectivity index (χ1) is 12.1. The van der Waals surface area contributed by atoms with Gasteiger partial charge in [-0.25, -0.2) is 0 Å². The number of benzene rings is 2. The predicted octanol–water partition coefficient (Wildman–Crippen LogP) is 3.86. The van der Waals surface area contributed by atoms with Gasteiger partial charge in [0.1, 0.15) is 5.75 Å². The summed E-state index contributed by atoms with van der Waals surface area (Å²) in [5, 5.41) is 21.2. The highest BCUT2D eigenvalue weighted by Gasteiger charge is 2.35. The van der Waals surface area contributed by atoms with Crippen LogP contribution >= 0.6 is 11.6 Å². The van der Waals surface area contributed by atoms with Gasteiger partial charge in [-0.2, -0.15) is 0 Å². The normalized spacial score (nSPS) is 20.8. The van der Waals surface area contributed by atoms with Gasteiger partial charge in [0, 0.05) is 34.2 Å². The summed E-state index contributed by atoms with van der Waals surface area (Å²) in [4.78, 5) is 5.87. The minimum absolute atomic E-state index is 0.0257. The van der Waals surface area contributed by atoms with Gasteiger partial charge in [0.25, 0.3) is 0 Å². The number of H-pyrrole nitrogens is 1. The average Bonchev–Trinajstić information content (AvgIpc) is 2.94. The molecule has 1 aromatic heterocycles. The molecule has 25 heavy (non-hydrogen) atoms. The van der Waals surface area contributed by atoms with Crippen LogP contribution in [0.15, 0.2) is 42.5 Å². The van der Waals surface area contributed by atoms with Gasteiger partial charge in [-0.05, 0) is 54.8 Å². The van der Waals surface area contributed by atoms with Crippen LogP contribution in [-0.2, 0) is 6.42 Å². The lowest BCUT2D eigenvalue weighted by Crippen LogP contribution is -2.44. The second-order valence-electron chi connectivity index (χ2n) is 6.72. The second-order valence-corrected chi connectivity index (χ2v) is 7.15. The SMILES string of the molecule is C[C@@H]1Cc2c([nH]c3ccc(O)cc23)[C@@H](c2ccc(Cl)cc2)N1CCO. The number of phenols is 1. The fraction of sp³-hybridized carbons (Fsp3) is 0.300. The van der Waals surface area contributed by atoms with Crippen LogP contribution in [0.25, 0.3) is 10.9 Å². The number of aliphatic hydroxyl groups is 1. The molecule has 2 aromatic carbocycles. The number of nitrogens with zero attached hydrogens (tertiary/aromatic N) is 1. The summed E-state index contributed by atoms with van der Waals surface area (Å²) in [5.74, 6) is 0.280. The molecule has 2 heterocycles. The Kier molecular flexibility index (Phi) is 4.20. The van der Waals surface area contributed by atoms with Crippen molar-refractivity contribution < 1.29 is 10.2 Å². The maximum atomic E-state index is 9.89. The maximum Gasteiger partial charge on any atom is 0.116 e. The molecule has 2 atom stereocenters. The topological polar surface area (TPSA) is 59.5 Å². The van der Waals surface area contributed by atoms with Crippen LogP contribution in [0.1, 0.15) is 29.8 Å². The average molecular weight is 357 g/mol. The molecule has 0 saturated carbocycles. The van der Waals surface area contributed by atoms with Gasteiger partial charge in [0.2, 0.25) is 0 Å². The van der Waals surface area contributed by atoms with Crippen molar-refractivity contribution in [2.24, 2.45) is 0 Å². The summed E-state index contributed by atoms with van der Waals surface area (Å²) in [6.07, 6.45) is 0.878. The molecule has 3 aromatic rings. The largest absolute Gasteiger partial charge is 0.508 e. The number of nitrogens with one attached hydrogen (secondary N) is 1. The van der Waals surface area contributed by atoms with E-state index in [-0.39, 0.29) is 24.4 Å². The molecule has 0 spiro atoms. The summed E-state index contributed by atoms with van der Waals surface area (Å²) >= 11 is 6.07. The highest BCUT2D eigenvalue weighted by molar-refractivity contribution is 6.30. The Hall–Kier alpha value is -2.01. The lowest BCUT2D eigenvalue weighted by molar-refractivity contribution is 0.115. The molecule has 0 aliphatic carbocycles. The van der Waals surface area contributed by atoms with Crippen LogP contribution in [0, 0.1) is 0 Å². The number of halogens is 1. The van der Waals surface area contributed by atoms with Crippen LogP contribution < -0.4 is 0 Å². The van der Waals surface area contributed by atoms with E-state index >= 15 is 0 Å². The third-order valence-electron chi connectivity index (χ3n) is 5.14. The van der Waals surface area contributed by atoms with Gasteiger partial charge >= 0.3 is 0 Å². The Balaban J connectivity index is 1.92. The minimum atomic E-state index is 0.0257. The molecule has 0 amide bonds. The second kappa shape index (κ2) is 6.37. The molecule has 5 heteroatoms. The van der Waals surface area contributed by atoms with Crippen LogP contribution in [0.4, 0.5) is 0 Å². The Labute approximate surface area is 151 Å². The lowest BCUT2D eigenvalue weighted by atomic mass is 9.88. The van der Waals surface area contributed by atoms with Crippen LogP contribution in [0.5, 0.6) is 5.75 Å². The van der Waals surface area contributed by atoms with E-state index in [1.54, 1.807) is 6.07 Å². The highest BCUT2D eigenvalue weighted by Crippen LogP contribution is 2.41. The number of fused-ring (bicyclic) bond motifs is 3. The van der Waals surface area contributed by atoms with Gasteiger partial charge in [0.05, 0.1) is 12.6 Å². The van der Waals surface area contributed by atoms with Crippen molar-refractivity contribution in [3.05, 3.63) is 64.3 Å². The van der Waals surface area contributed by atoms with Crippen molar-refractivity contribution in [2.75, 3.05) is 13.2 Å². The quantitative estimate of drug-likeness (QED) is 0.668. The number of aliphatic hydroxyl groups excluding tert-OH is 1. The fourth-order valence-electron chi connectivity index (χ4n) is 4.01. The Bertz CT molecular complexity index is 904. The van der Waals surface area contributed by atoms with Crippen molar-refractivity contribution in [1.29, 1.82) is 0 Å². The van der Waals surface area contributed by atoms with E-state index in [4.69, 9.17) is 11.6 Å². The number of phenolic OH excluding ortho intramolecular Hbond substituents is 1. The van der Waals surface area contributed by atoms with Crippen molar-refractivity contribution in [3.63, 3.8) is 0 Å². The molecule has 0 fully saturated rings. The van der Waals surface area contributed by atoms with Crippen LogP contribution in [0.3, 0.4) is 0 Å². The Morgan fingerprint density at radius 3 is 2.68 bits per heavy atom. The van der Waals surface area contributed by atoms with Gasteiger partial charge in [-0.1, -0.05) is 23.7 Å². The van der Waals surface area contributed by atoms with E-state index in [0.29, 0.717) is 11.6 Å².